The largest absolute Gasteiger partial charge is 0.381 e. The molecule has 4 rings (SSSR count). The van der Waals surface area contributed by atoms with Crippen LogP contribution in [0.5, 0.6) is 0 Å². The average molecular weight is 486 g/mol. The third kappa shape index (κ3) is 5.43. The molecule has 2 aliphatic heterocycles. The highest BCUT2D eigenvalue weighted by Crippen LogP contribution is 2.45. The van der Waals surface area contributed by atoms with Crippen molar-refractivity contribution in [2.75, 3.05) is 43.0 Å². The summed E-state index contributed by atoms with van der Waals surface area (Å²) in [5, 5.41) is 6.81. The SMILES string of the molecule is CC1(C)CC(C(C)(C)c2ccccc2)Nc2ccc(C(=O)NCCN3CCS(O)(O)CC3)cc21. The Morgan fingerprint density at radius 1 is 1.15 bits per heavy atom. The molecule has 1 amide bonds. The second-order valence-corrected chi connectivity index (χ2v) is 13.4. The average Bonchev–Trinajstić information content (AvgIpc) is 2.80. The van der Waals surface area contributed by atoms with Crippen LogP contribution in [0.2, 0.25) is 0 Å². The number of hydrogen-bond acceptors (Lipinski definition) is 5. The maximum atomic E-state index is 12.9. The van der Waals surface area contributed by atoms with Gasteiger partial charge in [-0.25, -0.2) is 0 Å². The van der Waals surface area contributed by atoms with E-state index in [1.807, 2.05) is 12.1 Å². The number of hydrogen-bond donors (Lipinski definition) is 4. The minimum atomic E-state index is -2.38. The van der Waals surface area contributed by atoms with E-state index in [1.165, 1.54) is 11.1 Å². The quantitative estimate of drug-likeness (QED) is 0.467. The maximum Gasteiger partial charge on any atom is 0.251 e. The number of carbonyl (C=O) groups excluding carboxylic acids is 1. The first-order valence-corrected chi connectivity index (χ1v) is 14.1. The Kier molecular flexibility index (Phi) is 7.02. The summed E-state index contributed by atoms with van der Waals surface area (Å²) in [7, 11) is -2.38. The van der Waals surface area contributed by atoms with E-state index in [1.54, 1.807) is 0 Å². The molecular formula is C27H39N3O3S. The van der Waals surface area contributed by atoms with Crippen LogP contribution < -0.4 is 10.6 Å². The number of nitrogens with zero attached hydrogens (tertiary/aromatic N) is 1. The number of nitrogens with one attached hydrogen (secondary N) is 2. The summed E-state index contributed by atoms with van der Waals surface area (Å²) in [6.45, 7) is 11.7. The van der Waals surface area contributed by atoms with E-state index in [0.29, 0.717) is 36.7 Å². The summed E-state index contributed by atoms with van der Waals surface area (Å²) in [4.78, 5) is 15.0. The van der Waals surface area contributed by atoms with Crippen LogP contribution in [0, 0.1) is 0 Å². The minimum absolute atomic E-state index is 0.0338. The zero-order valence-electron chi connectivity index (χ0n) is 20.8. The topological polar surface area (TPSA) is 84.8 Å². The molecule has 1 unspecified atom stereocenters. The van der Waals surface area contributed by atoms with Crippen LogP contribution >= 0.6 is 10.6 Å². The highest BCUT2D eigenvalue weighted by atomic mass is 32.3. The molecule has 1 fully saturated rings. The van der Waals surface area contributed by atoms with Gasteiger partial charge in [0.2, 0.25) is 0 Å². The smallest absolute Gasteiger partial charge is 0.251 e. The van der Waals surface area contributed by atoms with E-state index >= 15 is 0 Å². The zero-order chi connectivity index (χ0) is 24.6. The number of anilines is 1. The molecule has 186 valence electrons. The Labute approximate surface area is 205 Å². The Hall–Kier alpha value is -2.06. The third-order valence-corrected chi connectivity index (χ3v) is 9.30. The molecule has 0 radical (unpaired) electrons. The van der Waals surface area contributed by atoms with E-state index < -0.39 is 10.6 Å². The van der Waals surface area contributed by atoms with Gasteiger partial charge in [-0.15, -0.1) is 0 Å². The number of amides is 1. The number of carbonyl (C=O) groups is 1. The fraction of sp³-hybridized carbons (Fsp3) is 0.519. The van der Waals surface area contributed by atoms with Gasteiger partial charge in [0.15, 0.2) is 0 Å². The Balaban J connectivity index is 1.41. The highest BCUT2D eigenvalue weighted by Gasteiger charge is 2.41. The minimum Gasteiger partial charge on any atom is -0.381 e. The van der Waals surface area contributed by atoms with Crippen LogP contribution in [-0.2, 0) is 10.8 Å². The summed E-state index contributed by atoms with van der Waals surface area (Å²) in [5.41, 5.74) is 4.19. The van der Waals surface area contributed by atoms with Crippen LogP contribution in [-0.4, -0.2) is 63.6 Å². The predicted molar refractivity (Wildman–Crippen MR) is 142 cm³/mol. The van der Waals surface area contributed by atoms with Crippen LogP contribution in [0.15, 0.2) is 48.5 Å². The highest BCUT2D eigenvalue weighted by molar-refractivity contribution is 8.24. The lowest BCUT2D eigenvalue weighted by molar-refractivity contribution is 0.0948. The normalized spacial score (nSPS) is 22.8. The summed E-state index contributed by atoms with van der Waals surface area (Å²) in [6.07, 6.45) is 0.973. The first kappa shape index (κ1) is 25.0. The van der Waals surface area contributed by atoms with Crippen molar-refractivity contribution >= 4 is 22.2 Å². The second-order valence-electron chi connectivity index (χ2n) is 10.9. The van der Waals surface area contributed by atoms with Gasteiger partial charge in [0.1, 0.15) is 0 Å². The van der Waals surface area contributed by atoms with Crippen molar-refractivity contribution in [2.24, 2.45) is 0 Å². The fourth-order valence-electron chi connectivity index (χ4n) is 5.15. The van der Waals surface area contributed by atoms with Gasteiger partial charge in [-0.2, -0.15) is 10.6 Å². The lowest BCUT2D eigenvalue weighted by Gasteiger charge is -2.46. The van der Waals surface area contributed by atoms with Gasteiger partial charge in [-0.3, -0.25) is 18.8 Å². The second kappa shape index (κ2) is 9.53. The number of fused-ring (bicyclic) bond motifs is 1. The van der Waals surface area contributed by atoms with Gasteiger partial charge in [-0.1, -0.05) is 58.0 Å². The van der Waals surface area contributed by atoms with Crippen molar-refractivity contribution < 1.29 is 13.9 Å². The van der Waals surface area contributed by atoms with Gasteiger partial charge < -0.3 is 10.6 Å². The summed E-state index contributed by atoms with van der Waals surface area (Å²) in [5.74, 6) is 0.790. The first-order valence-electron chi connectivity index (χ1n) is 12.2. The van der Waals surface area contributed by atoms with Crippen molar-refractivity contribution in [2.45, 2.75) is 51.0 Å². The van der Waals surface area contributed by atoms with Gasteiger partial charge in [0.05, 0.1) is 11.5 Å². The molecule has 1 atom stereocenters. The molecular weight excluding hydrogens is 446 g/mol. The molecule has 2 heterocycles. The molecule has 0 aromatic heterocycles. The predicted octanol–water partition coefficient (Wildman–Crippen LogP) is 4.92. The molecule has 6 nitrogen and oxygen atoms in total. The van der Waals surface area contributed by atoms with E-state index in [4.69, 9.17) is 0 Å². The van der Waals surface area contributed by atoms with Gasteiger partial charge in [0.25, 0.3) is 5.91 Å². The van der Waals surface area contributed by atoms with Crippen molar-refractivity contribution in [1.29, 1.82) is 0 Å². The fourth-order valence-corrected chi connectivity index (χ4v) is 6.46. The standard InChI is InChI=1S/C27H39N3O3S/c1-26(2)19-24(27(3,4)21-8-6-5-7-9-21)29-23-11-10-20(18-22(23)26)25(31)28-12-13-30-14-16-34(32,33)17-15-30/h5-11,18,24,29,32-33H,12-17,19H2,1-4H3,(H,28,31). The molecule has 2 aromatic carbocycles. The number of rotatable bonds is 6. The van der Waals surface area contributed by atoms with Crippen LogP contribution in [0.25, 0.3) is 0 Å². The van der Waals surface area contributed by atoms with Crippen LogP contribution in [0.4, 0.5) is 5.69 Å². The van der Waals surface area contributed by atoms with E-state index in [0.717, 1.165) is 18.7 Å². The van der Waals surface area contributed by atoms with E-state index in [2.05, 4.69) is 79.6 Å². The van der Waals surface area contributed by atoms with Crippen molar-refractivity contribution in [3.8, 4) is 0 Å². The molecule has 2 aliphatic rings. The molecule has 7 heteroatoms. The first-order chi connectivity index (χ1) is 16.0. The lowest BCUT2D eigenvalue weighted by Crippen LogP contribution is -2.47. The molecule has 0 aliphatic carbocycles. The summed E-state index contributed by atoms with van der Waals surface area (Å²) in [6, 6.07) is 16.9. The zero-order valence-corrected chi connectivity index (χ0v) is 21.6. The molecule has 0 saturated carbocycles. The van der Waals surface area contributed by atoms with Crippen molar-refractivity contribution in [3.05, 3.63) is 65.2 Å². The lowest BCUT2D eigenvalue weighted by atomic mass is 9.66. The van der Waals surface area contributed by atoms with Gasteiger partial charge >= 0.3 is 0 Å². The molecule has 0 bridgehead atoms. The molecule has 1 saturated heterocycles. The van der Waals surface area contributed by atoms with Crippen LogP contribution in [0.3, 0.4) is 0 Å². The maximum absolute atomic E-state index is 12.9. The van der Waals surface area contributed by atoms with Crippen molar-refractivity contribution in [3.63, 3.8) is 0 Å². The molecule has 0 spiro atoms. The molecule has 4 N–H and O–H groups in total. The Bertz CT molecular complexity index is 1010. The van der Waals surface area contributed by atoms with E-state index in [-0.39, 0.29) is 22.8 Å². The Morgan fingerprint density at radius 3 is 2.50 bits per heavy atom. The summed E-state index contributed by atoms with van der Waals surface area (Å²) >= 11 is 0. The van der Waals surface area contributed by atoms with Gasteiger partial charge in [0, 0.05) is 48.9 Å². The van der Waals surface area contributed by atoms with E-state index in [9.17, 15) is 13.9 Å². The van der Waals surface area contributed by atoms with Gasteiger partial charge in [-0.05, 0) is 41.2 Å². The Morgan fingerprint density at radius 2 is 1.82 bits per heavy atom. The summed E-state index contributed by atoms with van der Waals surface area (Å²) < 4.78 is 19.5. The van der Waals surface area contributed by atoms with Crippen LogP contribution in [0.1, 0.15) is 55.6 Å². The number of benzene rings is 2. The third-order valence-electron chi connectivity index (χ3n) is 7.63. The monoisotopic (exact) mass is 485 g/mol. The molecule has 34 heavy (non-hydrogen) atoms. The van der Waals surface area contributed by atoms with Crippen molar-refractivity contribution in [1.82, 2.24) is 10.2 Å². The molecule has 2 aromatic rings.